The van der Waals surface area contributed by atoms with Gasteiger partial charge in [-0.1, -0.05) is 133 Å². The largest absolute Gasteiger partial charge is 0.424 e. The van der Waals surface area contributed by atoms with Crippen LogP contribution in [0.5, 0.6) is 0 Å². The molecule has 4 amide bonds. The highest BCUT2D eigenvalue weighted by molar-refractivity contribution is 6.98. The molecule has 56 heavy (non-hydrogen) atoms. The van der Waals surface area contributed by atoms with Crippen LogP contribution in [-0.2, 0) is 35.1 Å². The second-order valence-electron chi connectivity index (χ2n) is 16.7. The third-order valence-corrected chi connectivity index (χ3v) is 15.3. The molecule has 12 heteroatoms. The van der Waals surface area contributed by atoms with E-state index in [1.165, 1.54) is 6.92 Å². The molecule has 1 saturated heterocycles. The van der Waals surface area contributed by atoms with Gasteiger partial charge in [-0.05, 0) is 59.0 Å². The minimum absolute atomic E-state index is 0.0226. The average Bonchev–Trinajstić information content (AvgIpc) is 3.92. The quantitative estimate of drug-likeness (QED) is 0.0864. The lowest BCUT2D eigenvalue weighted by Crippen LogP contribution is -2.65. The van der Waals surface area contributed by atoms with Crippen molar-refractivity contribution in [3.8, 4) is 0 Å². The third-order valence-electron chi connectivity index (χ3n) is 10.7. The molecule has 0 saturated carbocycles. The van der Waals surface area contributed by atoms with E-state index in [4.69, 9.17) is 4.74 Å². The molecular formula is C44H60N4O7Si. The number of epoxide rings is 1. The smallest absolute Gasteiger partial charge is 0.258 e. The molecule has 1 fully saturated rings. The molecule has 0 radical (unpaired) electrons. The summed E-state index contributed by atoms with van der Waals surface area (Å²) < 4.78 is 5.39. The van der Waals surface area contributed by atoms with Crippen molar-refractivity contribution < 1.29 is 33.5 Å². The summed E-state index contributed by atoms with van der Waals surface area (Å²) >= 11 is 0. The number of benzene rings is 3. The van der Waals surface area contributed by atoms with Crippen LogP contribution in [0.2, 0.25) is 5.04 Å². The zero-order valence-electron chi connectivity index (χ0n) is 34.1. The molecule has 0 aromatic heterocycles. The number of ketones is 1. The van der Waals surface area contributed by atoms with Gasteiger partial charge in [-0.15, -0.1) is 0 Å². The number of ether oxygens (including phenoxy) is 1. The van der Waals surface area contributed by atoms with Crippen LogP contribution in [0.3, 0.4) is 0 Å². The van der Waals surface area contributed by atoms with E-state index >= 15 is 0 Å². The molecule has 1 unspecified atom stereocenters. The van der Waals surface area contributed by atoms with Gasteiger partial charge >= 0.3 is 0 Å². The van der Waals surface area contributed by atoms with E-state index in [9.17, 15) is 28.8 Å². The van der Waals surface area contributed by atoms with Gasteiger partial charge in [0.25, 0.3) is 8.32 Å². The van der Waals surface area contributed by atoms with Crippen molar-refractivity contribution in [2.24, 2.45) is 11.8 Å². The monoisotopic (exact) mass is 784 g/mol. The fourth-order valence-corrected chi connectivity index (χ4v) is 10.9. The van der Waals surface area contributed by atoms with Gasteiger partial charge in [0.05, 0.1) is 12.6 Å². The van der Waals surface area contributed by atoms with Gasteiger partial charge < -0.3 is 30.8 Å². The second kappa shape index (κ2) is 19.0. The molecular weight excluding hydrogens is 725 g/mol. The average molecular weight is 785 g/mol. The van der Waals surface area contributed by atoms with Gasteiger partial charge in [0, 0.05) is 13.3 Å². The molecule has 4 rings (SSSR count). The lowest BCUT2D eigenvalue weighted by Gasteiger charge is -2.42. The fourth-order valence-electron chi connectivity index (χ4n) is 7.18. The van der Waals surface area contributed by atoms with E-state index in [1.807, 2.05) is 133 Å². The van der Waals surface area contributed by atoms with Gasteiger partial charge in [0.15, 0.2) is 5.78 Å². The first-order chi connectivity index (χ1) is 26.4. The predicted molar refractivity (Wildman–Crippen MR) is 221 cm³/mol. The molecule has 3 aromatic carbocycles. The van der Waals surface area contributed by atoms with E-state index < -0.39 is 66.8 Å². The first-order valence-electron chi connectivity index (χ1n) is 19.6. The van der Waals surface area contributed by atoms with Crippen molar-refractivity contribution in [1.82, 2.24) is 21.3 Å². The Kier molecular flexibility index (Phi) is 14.9. The minimum Gasteiger partial charge on any atom is -0.424 e. The molecule has 1 aliphatic heterocycles. The summed E-state index contributed by atoms with van der Waals surface area (Å²) in [6, 6.07) is 24.4. The van der Waals surface area contributed by atoms with Crippen LogP contribution in [0.4, 0.5) is 0 Å². The highest BCUT2D eigenvalue weighted by Gasteiger charge is 2.51. The molecule has 1 heterocycles. The minimum atomic E-state index is -3.41. The Morgan fingerprint density at radius 2 is 1.20 bits per heavy atom. The van der Waals surface area contributed by atoms with Gasteiger partial charge in [0.2, 0.25) is 23.6 Å². The van der Waals surface area contributed by atoms with Crippen molar-refractivity contribution in [2.45, 2.75) is 116 Å². The highest BCUT2D eigenvalue weighted by atomic mass is 28.4. The molecule has 302 valence electrons. The zero-order chi connectivity index (χ0) is 41.3. The number of nitrogens with one attached hydrogen (secondary N) is 4. The summed E-state index contributed by atoms with van der Waals surface area (Å²) in [5.41, 5.74) is -0.151. The maximum Gasteiger partial charge on any atom is 0.258 e. The zero-order valence-corrected chi connectivity index (χ0v) is 35.1. The third kappa shape index (κ3) is 11.2. The molecule has 11 nitrogen and oxygen atoms in total. The summed E-state index contributed by atoms with van der Waals surface area (Å²) in [4.78, 5) is 80.6. The van der Waals surface area contributed by atoms with E-state index in [-0.39, 0.29) is 43.5 Å². The topological polar surface area (TPSA) is 166 Å². The molecule has 5 atom stereocenters. The van der Waals surface area contributed by atoms with Gasteiger partial charge in [-0.25, -0.2) is 0 Å². The first-order valence-corrected chi connectivity index (χ1v) is 21.6. The van der Waals surface area contributed by atoms with E-state index in [0.29, 0.717) is 6.42 Å². The predicted octanol–water partition coefficient (Wildman–Crippen LogP) is 3.56. The van der Waals surface area contributed by atoms with Crippen LogP contribution in [0.1, 0.15) is 80.2 Å². The Labute approximate surface area is 332 Å². The lowest BCUT2D eigenvalue weighted by molar-refractivity contribution is -0.135. The van der Waals surface area contributed by atoms with Crippen molar-refractivity contribution in [3.63, 3.8) is 0 Å². The summed E-state index contributed by atoms with van der Waals surface area (Å²) in [5, 5.41) is 12.4. The number of hydrogen-bond donors (Lipinski definition) is 5. The Morgan fingerprint density at radius 3 is 1.66 bits per heavy atom. The maximum absolute atomic E-state index is 14.1. The van der Waals surface area contributed by atoms with E-state index in [1.54, 1.807) is 6.92 Å². The maximum atomic E-state index is 14.1. The molecule has 0 spiro atoms. The Bertz CT molecular complexity index is 1760. The van der Waals surface area contributed by atoms with Gasteiger partial charge in [0.1, 0.15) is 23.7 Å². The first kappa shape index (κ1) is 44.1. The molecule has 0 bridgehead atoms. The van der Waals surface area contributed by atoms with Crippen molar-refractivity contribution in [3.05, 3.63) is 96.6 Å². The summed E-state index contributed by atoms with van der Waals surface area (Å²) in [6.07, 6.45) is 0.966. The number of Topliss-reactive ketones (excluding diaryl/α,β-unsaturated/α-hetero) is 1. The van der Waals surface area contributed by atoms with Gasteiger partial charge in [-0.3, -0.25) is 24.0 Å². The van der Waals surface area contributed by atoms with Crippen LogP contribution in [0.15, 0.2) is 91.0 Å². The SMILES string of the molecule is CC(=O)N[C@@H](CCC(C)(C)[Si](O)(c1ccccc1)c1ccccc1)C(=O)N[C@@H](CC(C)C)C(=O)N[C@@H](Cc1ccccc1)C(=O)NC(C(=O)[C@@]1(C)CO1)C(C)C. The van der Waals surface area contributed by atoms with Crippen LogP contribution in [0, 0.1) is 11.8 Å². The van der Waals surface area contributed by atoms with Gasteiger partial charge in [-0.2, -0.15) is 0 Å². The fraction of sp³-hybridized carbons (Fsp3) is 0.477. The molecule has 0 aliphatic carbocycles. The number of hydrogen-bond acceptors (Lipinski definition) is 7. The van der Waals surface area contributed by atoms with Crippen LogP contribution in [0.25, 0.3) is 0 Å². The lowest BCUT2D eigenvalue weighted by atomic mass is 9.91. The van der Waals surface area contributed by atoms with Crippen LogP contribution in [-0.4, -0.2) is 78.9 Å². The summed E-state index contributed by atoms with van der Waals surface area (Å²) in [6.45, 7) is 14.8. The normalized spacial score (nSPS) is 17.6. The number of rotatable bonds is 20. The van der Waals surface area contributed by atoms with Crippen molar-refractivity contribution in [1.29, 1.82) is 0 Å². The standard InChI is InChI=1S/C44H60N4O7Si/c1-29(2)26-36(41(52)47-37(27-32-18-12-9-13-19-32)42(53)48-38(30(3)4)39(50)44(8)28-55-44)46-40(51)35(45-31(5)49)24-25-43(6,7)56(54,33-20-14-10-15-21-33)34-22-16-11-17-23-34/h9-23,29-30,35-38,54H,24-28H2,1-8H3,(H,45,49)(H,46,51)(H,47,52)(H,48,53)/t35-,36-,37-,38?,44+/m0/s1. The Morgan fingerprint density at radius 1 is 0.732 bits per heavy atom. The molecule has 5 N–H and O–H groups in total. The van der Waals surface area contributed by atoms with Crippen molar-refractivity contribution in [2.75, 3.05) is 6.61 Å². The van der Waals surface area contributed by atoms with E-state index in [2.05, 4.69) is 21.3 Å². The van der Waals surface area contributed by atoms with E-state index in [0.717, 1.165) is 15.9 Å². The molecule has 1 aliphatic rings. The van der Waals surface area contributed by atoms with Crippen LogP contribution < -0.4 is 31.6 Å². The Hall–Kier alpha value is -4.65. The Balaban J connectivity index is 1.56. The number of amides is 4. The summed E-state index contributed by atoms with van der Waals surface area (Å²) in [5.74, 6) is -2.53. The number of carbonyl (C=O) groups excluding carboxylic acids is 5. The van der Waals surface area contributed by atoms with Crippen molar-refractivity contribution >= 4 is 48.1 Å². The number of carbonyl (C=O) groups is 5. The second-order valence-corrected chi connectivity index (χ2v) is 20.6. The molecule has 3 aromatic rings. The highest BCUT2D eigenvalue weighted by Crippen LogP contribution is 2.40. The summed E-state index contributed by atoms with van der Waals surface area (Å²) in [7, 11) is -3.41. The van der Waals surface area contributed by atoms with Crippen LogP contribution >= 0.6 is 0 Å².